The van der Waals surface area contributed by atoms with Crippen LogP contribution in [0.2, 0.25) is 0 Å². The van der Waals surface area contributed by atoms with Crippen LogP contribution in [0.3, 0.4) is 0 Å². The van der Waals surface area contributed by atoms with E-state index >= 15 is 0 Å². The van der Waals surface area contributed by atoms with Gasteiger partial charge in [-0.05, 0) is 61.5 Å². The molecule has 0 radical (unpaired) electrons. The van der Waals surface area contributed by atoms with Crippen molar-refractivity contribution in [2.45, 2.75) is 6.92 Å². The number of ether oxygens (including phenoxy) is 1. The monoisotopic (exact) mass is 378 g/mol. The summed E-state index contributed by atoms with van der Waals surface area (Å²) in [6.45, 7) is 1.82. The van der Waals surface area contributed by atoms with Gasteiger partial charge in [-0.1, -0.05) is 23.8 Å². The first kappa shape index (κ1) is 19.1. The molecule has 2 N–H and O–H groups in total. The standard InChI is InChI=1S/C22H19FN2O3/c1-15-5-11-20(12-6-15)28-14-21(26)24-19-4-2-3-16(13-19)22(27)25-18-9-7-17(23)8-10-18/h2-13H,14H2,1H3,(H,24,26)(H,25,27). The minimum atomic E-state index is -0.379. The third-order valence-corrected chi connectivity index (χ3v) is 3.90. The maximum Gasteiger partial charge on any atom is 0.262 e. The molecule has 0 bridgehead atoms. The van der Waals surface area contributed by atoms with Gasteiger partial charge in [0.25, 0.3) is 11.8 Å². The van der Waals surface area contributed by atoms with Gasteiger partial charge >= 0.3 is 0 Å². The summed E-state index contributed by atoms with van der Waals surface area (Å²) in [7, 11) is 0. The molecule has 0 aromatic heterocycles. The Morgan fingerprint density at radius 2 is 1.61 bits per heavy atom. The number of amides is 2. The highest BCUT2D eigenvalue weighted by Crippen LogP contribution is 2.15. The molecule has 0 atom stereocenters. The number of aryl methyl sites for hydroxylation is 1. The minimum Gasteiger partial charge on any atom is -0.484 e. The molecule has 28 heavy (non-hydrogen) atoms. The molecule has 3 aromatic carbocycles. The number of anilines is 2. The maximum absolute atomic E-state index is 12.9. The van der Waals surface area contributed by atoms with Crippen molar-refractivity contribution < 1.29 is 18.7 Å². The SMILES string of the molecule is Cc1ccc(OCC(=O)Nc2cccc(C(=O)Nc3ccc(F)cc3)c2)cc1. The molecule has 0 unspecified atom stereocenters. The Labute approximate surface area is 162 Å². The molecule has 0 saturated carbocycles. The Morgan fingerprint density at radius 1 is 0.893 bits per heavy atom. The van der Waals surface area contributed by atoms with Gasteiger partial charge in [-0.2, -0.15) is 0 Å². The van der Waals surface area contributed by atoms with Crippen LogP contribution in [-0.4, -0.2) is 18.4 Å². The largest absolute Gasteiger partial charge is 0.484 e. The van der Waals surface area contributed by atoms with Crippen molar-refractivity contribution in [2.24, 2.45) is 0 Å². The van der Waals surface area contributed by atoms with Gasteiger partial charge in [0.1, 0.15) is 11.6 Å². The molecule has 0 heterocycles. The summed E-state index contributed by atoms with van der Waals surface area (Å²) in [6, 6.07) is 19.4. The van der Waals surface area contributed by atoms with Gasteiger partial charge in [-0.25, -0.2) is 4.39 Å². The average Bonchev–Trinajstić information content (AvgIpc) is 2.69. The van der Waals surface area contributed by atoms with Crippen LogP contribution in [0.1, 0.15) is 15.9 Å². The second kappa shape index (κ2) is 8.81. The Morgan fingerprint density at radius 3 is 2.32 bits per heavy atom. The summed E-state index contributed by atoms with van der Waals surface area (Å²) in [4.78, 5) is 24.4. The number of nitrogens with one attached hydrogen (secondary N) is 2. The number of hydrogen-bond acceptors (Lipinski definition) is 3. The summed E-state index contributed by atoms with van der Waals surface area (Å²) in [6.07, 6.45) is 0. The van der Waals surface area contributed by atoms with Crippen LogP contribution in [0, 0.1) is 12.7 Å². The Bertz CT molecular complexity index is 970. The third kappa shape index (κ3) is 5.41. The van der Waals surface area contributed by atoms with Crippen LogP contribution in [0.25, 0.3) is 0 Å². The van der Waals surface area contributed by atoms with E-state index < -0.39 is 0 Å². The molecule has 0 aliphatic heterocycles. The Balaban J connectivity index is 1.57. The molecular weight excluding hydrogens is 359 g/mol. The average molecular weight is 378 g/mol. The molecule has 0 aliphatic rings. The van der Waals surface area contributed by atoms with E-state index in [0.717, 1.165) is 5.56 Å². The zero-order chi connectivity index (χ0) is 19.9. The van der Waals surface area contributed by atoms with E-state index in [9.17, 15) is 14.0 Å². The molecule has 0 aliphatic carbocycles. The summed E-state index contributed by atoms with van der Waals surface area (Å²) in [5.74, 6) is -0.473. The second-order valence-electron chi connectivity index (χ2n) is 6.19. The number of rotatable bonds is 6. The quantitative estimate of drug-likeness (QED) is 0.668. The van der Waals surface area contributed by atoms with Gasteiger partial charge in [-0.15, -0.1) is 0 Å². The van der Waals surface area contributed by atoms with Crippen molar-refractivity contribution in [3.8, 4) is 5.75 Å². The summed E-state index contributed by atoms with van der Waals surface area (Å²) in [5, 5.41) is 5.37. The molecule has 0 fully saturated rings. The molecule has 3 rings (SSSR count). The molecule has 142 valence electrons. The van der Waals surface area contributed by atoms with Crippen molar-refractivity contribution in [2.75, 3.05) is 17.2 Å². The smallest absolute Gasteiger partial charge is 0.262 e. The van der Waals surface area contributed by atoms with Crippen LogP contribution in [0.15, 0.2) is 72.8 Å². The molecule has 2 amide bonds. The lowest BCUT2D eigenvalue weighted by molar-refractivity contribution is -0.118. The minimum absolute atomic E-state index is 0.144. The Hall–Kier alpha value is -3.67. The summed E-state index contributed by atoms with van der Waals surface area (Å²) in [5.41, 5.74) is 2.42. The van der Waals surface area contributed by atoms with Crippen LogP contribution in [0.5, 0.6) is 5.75 Å². The molecule has 0 saturated heterocycles. The number of carbonyl (C=O) groups excluding carboxylic acids is 2. The first-order chi connectivity index (χ1) is 13.5. The van der Waals surface area contributed by atoms with Gasteiger partial charge in [0.15, 0.2) is 6.61 Å². The zero-order valence-electron chi connectivity index (χ0n) is 15.2. The number of halogens is 1. The normalized spacial score (nSPS) is 10.2. The second-order valence-corrected chi connectivity index (χ2v) is 6.19. The molecule has 6 heteroatoms. The van der Waals surface area contributed by atoms with Crippen molar-refractivity contribution in [3.05, 3.63) is 89.7 Å². The van der Waals surface area contributed by atoms with Gasteiger partial charge < -0.3 is 15.4 Å². The lowest BCUT2D eigenvalue weighted by Gasteiger charge is -2.09. The van der Waals surface area contributed by atoms with Crippen molar-refractivity contribution in [1.29, 1.82) is 0 Å². The topological polar surface area (TPSA) is 67.4 Å². The van der Waals surface area contributed by atoms with Crippen molar-refractivity contribution >= 4 is 23.2 Å². The fraction of sp³-hybridized carbons (Fsp3) is 0.0909. The van der Waals surface area contributed by atoms with Crippen LogP contribution in [-0.2, 0) is 4.79 Å². The van der Waals surface area contributed by atoms with E-state index in [4.69, 9.17) is 4.74 Å². The van der Waals surface area contributed by atoms with Crippen LogP contribution in [0.4, 0.5) is 15.8 Å². The summed E-state index contributed by atoms with van der Waals surface area (Å²) < 4.78 is 18.4. The highest BCUT2D eigenvalue weighted by atomic mass is 19.1. The van der Waals surface area contributed by atoms with E-state index in [0.29, 0.717) is 22.7 Å². The number of carbonyl (C=O) groups is 2. The van der Waals surface area contributed by atoms with E-state index in [1.165, 1.54) is 24.3 Å². The predicted molar refractivity (Wildman–Crippen MR) is 106 cm³/mol. The number of hydrogen-bond donors (Lipinski definition) is 2. The number of benzene rings is 3. The zero-order valence-corrected chi connectivity index (χ0v) is 15.2. The van der Waals surface area contributed by atoms with E-state index in [1.807, 2.05) is 19.1 Å². The van der Waals surface area contributed by atoms with Gasteiger partial charge in [0.2, 0.25) is 0 Å². The van der Waals surface area contributed by atoms with Crippen LogP contribution >= 0.6 is 0 Å². The van der Waals surface area contributed by atoms with Gasteiger partial charge in [0.05, 0.1) is 0 Å². The fourth-order valence-electron chi connectivity index (χ4n) is 2.46. The first-order valence-corrected chi connectivity index (χ1v) is 8.66. The Kier molecular flexibility index (Phi) is 6.01. The lowest BCUT2D eigenvalue weighted by atomic mass is 10.2. The van der Waals surface area contributed by atoms with Crippen molar-refractivity contribution in [3.63, 3.8) is 0 Å². The molecular formula is C22H19FN2O3. The van der Waals surface area contributed by atoms with Crippen molar-refractivity contribution in [1.82, 2.24) is 0 Å². The predicted octanol–water partition coefficient (Wildman–Crippen LogP) is 4.40. The van der Waals surface area contributed by atoms with Crippen LogP contribution < -0.4 is 15.4 Å². The summed E-state index contributed by atoms with van der Waals surface area (Å²) >= 11 is 0. The highest BCUT2D eigenvalue weighted by molar-refractivity contribution is 6.05. The van der Waals surface area contributed by atoms with Gasteiger partial charge in [-0.3, -0.25) is 9.59 Å². The van der Waals surface area contributed by atoms with E-state index in [1.54, 1.807) is 36.4 Å². The fourth-order valence-corrected chi connectivity index (χ4v) is 2.46. The third-order valence-electron chi connectivity index (χ3n) is 3.90. The van der Waals surface area contributed by atoms with E-state index in [-0.39, 0.29) is 24.2 Å². The maximum atomic E-state index is 12.9. The van der Waals surface area contributed by atoms with E-state index in [2.05, 4.69) is 10.6 Å². The lowest BCUT2D eigenvalue weighted by Crippen LogP contribution is -2.20. The molecule has 0 spiro atoms. The molecule has 3 aromatic rings. The highest BCUT2D eigenvalue weighted by Gasteiger charge is 2.09. The molecule has 5 nitrogen and oxygen atoms in total. The first-order valence-electron chi connectivity index (χ1n) is 8.66. The van der Waals surface area contributed by atoms with Gasteiger partial charge in [0, 0.05) is 16.9 Å².